The molecule has 0 aromatic heterocycles. The van der Waals surface area contributed by atoms with E-state index in [1.165, 1.54) is 0 Å². The van der Waals surface area contributed by atoms with Crippen LogP contribution in [0, 0.1) is 0 Å². The fourth-order valence-electron chi connectivity index (χ4n) is 2.12. The van der Waals surface area contributed by atoms with Gasteiger partial charge in [0.25, 0.3) is 0 Å². The Morgan fingerprint density at radius 3 is 2.63 bits per heavy atom. The number of hydrogen-bond acceptors (Lipinski definition) is 3. The van der Waals surface area contributed by atoms with Crippen molar-refractivity contribution in [2.45, 2.75) is 37.8 Å². The number of aliphatic carboxylic acids is 1. The number of carboxylic acid groups (broad SMARTS) is 1. The molecule has 0 bridgehead atoms. The Bertz CT molecular complexity index is 417. The summed E-state index contributed by atoms with van der Waals surface area (Å²) in [4.78, 5) is 11.8. The molecule has 0 saturated heterocycles. The third-order valence-corrected chi connectivity index (χ3v) is 3.33. The number of carboxylic acids is 1. The van der Waals surface area contributed by atoms with Gasteiger partial charge in [-0.3, -0.25) is 5.32 Å². The van der Waals surface area contributed by atoms with E-state index < -0.39 is 11.5 Å². The summed E-state index contributed by atoms with van der Waals surface area (Å²) >= 11 is 0. The van der Waals surface area contributed by atoms with Crippen molar-refractivity contribution >= 4 is 5.97 Å². The largest absolute Gasteiger partial charge is 0.480 e. The first-order valence-corrected chi connectivity index (χ1v) is 6.83. The highest BCUT2D eigenvalue weighted by molar-refractivity contribution is 5.81. The first-order chi connectivity index (χ1) is 9.19. The van der Waals surface area contributed by atoms with Gasteiger partial charge in [0.2, 0.25) is 0 Å². The Morgan fingerprint density at radius 2 is 2.11 bits per heavy atom. The second kappa shape index (κ2) is 6.17. The molecule has 0 aliphatic heterocycles. The van der Waals surface area contributed by atoms with Crippen molar-refractivity contribution in [1.29, 1.82) is 0 Å². The molecule has 0 heterocycles. The summed E-state index contributed by atoms with van der Waals surface area (Å²) in [7, 11) is 0. The van der Waals surface area contributed by atoms with E-state index in [1.807, 2.05) is 37.3 Å². The van der Waals surface area contributed by atoms with Gasteiger partial charge in [0.1, 0.15) is 0 Å². The van der Waals surface area contributed by atoms with E-state index in [9.17, 15) is 9.90 Å². The molecule has 2 N–H and O–H groups in total. The van der Waals surface area contributed by atoms with Crippen LogP contribution >= 0.6 is 0 Å². The molecular formula is C15H21NO3. The molecule has 1 atom stereocenters. The van der Waals surface area contributed by atoms with Crippen LogP contribution in [0.4, 0.5) is 0 Å². The number of benzene rings is 1. The maximum absolute atomic E-state index is 11.8. The minimum Gasteiger partial charge on any atom is -0.480 e. The number of ether oxygens (including phenoxy) is 1. The highest BCUT2D eigenvalue weighted by atomic mass is 16.5. The third kappa shape index (κ3) is 3.33. The van der Waals surface area contributed by atoms with Gasteiger partial charge in [-0.2, -0.15) is 0 Å². The van der Waals surface area contributed by atoms with Gasteiger partial charge in [-0.05, 0) is 24.8 Å². The molecule has 1 fully saturated rings. The van der Waals surface area contributed by atoms with Gasteiger partial charge >= 0.3 is 5.97 Å². The fourth-order valence-corrected chi connectivity index (χ4v) is 2.12. The minimum atomic E-state index is -1.13. The maximum atomic E-state index is 11.8. The zero-order chi connectivity index (χ0) is 13.7. The summed E-state index contributed by atoms with van der Waals surface area (Å²) in [5, 5.41) is 13.0. The van der Waals surface area contributed by atoms with E-state index in [0.717, 1.165) is 24.8 Å². The number of nitrogens with one attached hydrogen (secondary N) is 1. The van der Waals surface area contributed by atoms with Gasteiger partial charge in [-0.25, -0.2) is 4.79 Å². The first-order valence-electron chi connectivity index (χ1n) is 6.83. The predicted molar refractivity (Wildman–Crippen MR) is 73.0 cm³/mol. The SMILES string of the molecule is CCCOCC(NC1CC1)(C(=O)O)c1ccccc1. The van der Waals surface area contributed by atoms with Crippen LogP contribution in [0.3, 0.4) is 0 Å². The van der Waals surface area contributed by atoms with Crippen molar-refractivity contribution in [2.24, 2.45) is 0 Å². The zero-order valence-electron chi connectivity index (χ0n) is 11.3. The summed E-state index contributed by atoms with van der Waals surface area (Å²) in [6, 6.07) is 9.60. The van der Waals surface area contributed by atoms with Crippen LogP contribution in [0.15, 0.2) is 30.3 Å². The number of carbonyl (C=O) groups is 1. The van der Waals surface area contributed by atoms with Crippen LogP contribution in [-0.2, 0) is 15.1 Å². The van der Waals surface area contributed by atoms with Gasteiger partial charge < -0.3 is 9.84 Å². The molecule has 2 rings (SSSR count). The quantitative estimate of drug-likeness (QED) is 0.706. The molecule has 0 spiro atoms. The van der Waals surface area contributed by atoms with Crippen molar-refractivity contribution in [2.75, 3.05) is 13.2 Å². The Balaban J connectivity index is 2.24. The highest BCUT2D eigenvalue weighted by Gasteiger charge is 2.44. The molecule has 19 heavy (non-hydrogen) atoms. The van der Waals surface area contributed by atoms with Crippen LogP contribution in [0.2, 0.25) is 0 Å². The summed E-state index contributed by atoms with van der Waals surface area (Å²) in [5.74, 6) is -0.873. The van der Waals surface area contributed by atoms with Crippen molar-refractivity contribution in [3.8, 4) is 0 Å². The molecule has 0 amide bonds. The zero-order valence-corrected chi connectivity index (χ0v) is 11.3. The van der Waals surface area contributed by atoms with Gasteiger partial charge in [-0.1, -0.05) is 37.3 Å². The van der Waals surface area contributed by atoms with Crippen molar-refractivity contribution in [3.63, 3.8) is 0 Å². The molecule has 1 saturated carbocycles. The molecule has 1 aromatic rings. The summed E-state index contributed by atoms with van der Waals surface area (Å²) < 4.78 is 5.55. The number of rotatable bonds is 8. The highest BCUT2D eigenvalue weighted by Crippen LogP contribution is 2.29. The van der Waals surface area contributed by atoms with Gasteiger partial charge in [0, 0.05) is 12.6 Å². The maximum Gasteiger partial charge on any atom is 0.331 e. The molecule has 4 heteroatoms. The second-order valence-corrected chi connectivity index (χ2v) is 5.05. The summed E-state index contributed by atoms with van der Waals surface area (Å²) in [6.45, 7) is 2.75. The van der Waals surface area contributed by atoms with E-state index in [4.69, 9.17) is 4.74 Å². The Hall–Kier alpha value is -1.39. The lowest BCUT2D eigenvalue weighted by Crippen LogP contribution is -2.53. The van der Waals surface area contributed by atoms with Crippen LogP contribution in [0.25, 0.3) is 0 Å². The molecule has 4 nitrogen and oxygen atoms in total. The lowest BCUT2D eigenvalue weighted by atomic mass is 9.90. The minimum absolute atomic E-state index is 0.163. The topological polar surface area (TPSA) is 58.6 Å². The Morgan fingerprint density at radius 1 is 1.42 bits per heavy atom. The molecule has 1 aliphatic carbocycles. The third-order valence-electron chi connectivity index (χ3n) is 3.33. The molecule has 104 valence electrons. The van der Waals surface area contributed by atoms with Gasteiger partial charge in [0.05, 0.1) is 6.61 Å². The average Bonchev–Trinajstić information content (AvgIpc) is 3.22. The summed E-state index contributed by atoms with van der Waals surface area (Å²) in [6.07, 6.45) is 2.96. The Labute approximate surface area is 113 Å². The van der Waals surface area contributed by atoms with E-state index in [2.05, 4.69) is 5.32 Å². The molecule has 0 radical (unpaired) electrons. The second-order valence-electron chi connectivity index (χ2n) is 5.05. The Kier molecular flexibility index (Phi) is 4.56. The fraction of sp³-hybridized carbons (Fsp3) is 0.533. The van der Waals surface area contributed by atoms with Crippen molar-refractivity contribution in [1.82, 2.24) is 5.32 Å². The van der Waals surface area contributed by atoms with E-state index in [0.29, 0.717) is 12.6 Å². The molecule has 1 unspecified atom stereocenters. The first kappa shape index (κ1) is 14.0. The van der Waals surface area contributed by atoms with Crippen LogP contribution in [0.1, 0.15) is 31.7 Å². The standard InChI is InChI=1S/C15H21NO3/c1-2-10-19-11-15(14(17)18,16-13-8-9-13)12-6-4-3-5-7-12/h3-7,13,16H,2,8-11H2,1H3,(H,17,18). The molecule has 1 aliphatic rings. The van der Waals surface area contributed by atoms with Gasteiger partial charge in [-0.15, -0.1) is 0 Å². The van der Waals surface area contributed by atoms with Crippen molar-refractivity contribution in [3.05, 3.63) is 35.9 Å². The van der Waals surface area contributed by atoms with Crippen LogP contribution in [-0.4, -0.2) is 30.3 Å². The lowest BCUT2D eigenvalue weighted by molar-refractivity contribution is -0.148. The molecular weight excluding hydrogens is 242 g/mol. The number of hydrogen-bond donors (Lipinski definition) is 2. The van der Waals surface area contributed by atoms with Gasteiger partial charge in [0.15, 0.2) is 5.54 Å². The van der Waals surface area contributed by atoms with E-state index in [-0.39, 0.29) is 6.61 Å². The lowest BCUT2D eigenvalue weighted by Gasteiger charge is -2.31. The smallest absolute Gasteiger partial charge is 0.331 e. The van der Waals surface area contributed by atoms with Crippen LogP contribution in [0.5, 0.6) is 0 Å². The van der Waals surface area contributed by atoms with Crippen molar-refractivity contribution < 1.29 is 14.6 Å². The summed E-state index contributed by atoms with van der Waals surface area (Å²) in [5.41, 5.74) is -0.372. The molecule has 1 aromatic carbocycles. The van der Waals surface area contributed by atoms with Crippen LogP contribution < -0.4 is 5.32 Å². The predicted octanol–water partition coefficient (Wildman–Crippen LogP) is 2.15. The van der Waals surface area contributed by atoms with E-state index in [1.54, 1.807) is 0 Å². The average molecular weight is 263 g/mol. The monoisotopic (exact) mass is 263 g/mol. The normalized spacial score (nSPS) is 17.9. The van der Waals surface area contributed by atoms with E-state index >= 15 is 0 Å².